The number of nitrogens with zero attached hydrogens (tertiary/aromatic N) is 2. The van der Waals surface area contributed by atoms with E-state index in [1.54, 1.807) is 7.11 Å². The van der Waals surface area contributed by atoms with Crippen LogP contribution in [0.1, 0.15) is 29.4 Å². The summed E-state index contributed by atoms with van der Waals surface area (Å²) in [5.41, 5.74) is 2.62. The zero-order valence-electron chi connectivity index (χ0n) is 12.7. The zero-order valence-corrected chi connectivity index (χ0v) is 13.5. The van der Waals surface area contributed by atoms with Gasteiger partial charge in [-0.3, -0.25) is 0 Å². The van der Waals surface area contributed by atoms with Crippen molar-refractivity contribution in [2.75, 3.05) is 25.6 Å². The normalized spacial score (nSPS) is 20.6. The molecule has 0 aliphatic heterocycles. The third kappa shape index (κ3) is 3.29. The second-order valence-corrected chi connectivity index (χ2v) is 6.31. The Hall–Kier alpha value is -1.50. The highest BCUT2D eigenvalue weighted by molar-refractivity contribution is 7.09. The smallest absolute Gasteiger partial charge is 0.203 e. The van der Waals surface area contributed by atoms with Crippen LogP contribution < -0.4 is 5.32 Å². The molecule has 1 aliphatic carbocycles. The number of anilines is 1. The lowest BCUT2D eigenvalue weighted by atomic mass is 9.80. The van der Waals surface area contributed by atoms with Gasteiger partial charge in [0.05, 0.1) is 12.6 Å². The monoisotopic (exact) mass is 319 g/mol. The molecule has 2 aromatic rings. The van der Waals surface area contributed by atoms with Crippen LogP contribution in [0.4, 0.5) is 5.13 Å². The molecule has 0 fully saturated rings. The summed E-state index contributed by atoms with van der Waals surface area (Å²) in [6, 6.07) is 8.53. The van der Waals surface area contributed by atoms with Gasteiger partial charge in [-0.05, 0) is 24.0 Å². The van der Waals surface area contributed by atoms with E-state index >= 15 is 0 Å². The largest absolute Gasteiger partial charge is 0.396 e. The topological polar surface area (TPSA) is 67.3 Å². The van der Waals surface area contributed by atoms with Gasteiger partial charge in [0.15, 0.2) is 0 Å². The van der Waals surface area contributed by atoms with Gasteiger partial charge < -0.3 is 15.2 Å². The number of methoxy groups -OCH3 is 1. The van der Waals surface area contributed by atoms with Crippen molar-refractivity contribution in [3.63, 3.8) is 0 Å². The fraction of sp³-hybridized carbons (Fsp3) is 0.500. The quantitative estimate of drug-likeness (QED) is 0.856. The van der Waals surface area contributed by atoms with Gasteiger partial charge in [0, 0.05) is 37.6 Å². The van der Waals surface area contributed by atoms with Crippen molar-refractivity contribution in [1.82, 2.24) is 9.36 Å². The van der Waals surface area contributed by atoms with Crippen LogP contribution in [-0.4, -0.2) is 34.8 Å². The van der Waals surface area contributed by atoms with Crippen LogP contribution in [0, 0.1) is 5.92 Å². The summed E-state index contributed by atoms with van der Waals surface area (Å²) in [5, 5.41) is 14.0. The Bertz CT molecular complexity index is 617. The summed E-state index contributed by atoms with van der Waals surface area (Å²) in [5.74, 6) is 1.01. The highest BCUT2D eigenvalue weighted by Crippen LogP contribution is 2.36. The number of hydrogen-bond donors (Lipinski definition) is 2. The van der Waals surface area contributed by atoms with Crippen LogP contribution in [0.3, 0.4) is 0 Å². The van der Waals surface area contributed by atoms with Gasteiger partial charge in [-0.25, -0.2) is 4.98 Å². The standard InChI is InChI=1S/C16H21N3O2S/c1-21-9-8-14-17-16(22-19-14)18-15-12(10-20)7-6-11-4-2-3-5-13(11)15/h2-5,12,15,20H,6-10H2,1H3,(H,17,18,19). The van der Waals surface area contributed by atoms with Crippen LogP contribution in [0.25, 0.3) is 0 Å². The Morgan fingerprint density at radius 3 is 3.09 bits per heavy atom. The van der Waals surface area contributed by atoms with Crippen molar-refractivity contribution in [3.8, 4) is 0 Å². The molecule has 2 atom stereocenters. The molecule has 0 amide bonds. The molecule has 3 rings (SSSR count). The van der Waals surface area contributed by atoms with E-state index in [-0.39, 0.29) is 18.6 Å². The minimum Gasteiger partial charge on any atom is -0.396 e. The van der Waals surface area contributed by atoms with Crippen LogP contribution in [0.5, 0.6) is 0 Å². The lowest BCUT2D eigenvalue weighted by Gasteiger charge is -2.33. The van der Waals surface area contributed by atoms with Crippen molar-refractivity contribution < 1.29 is 9.84 Å². The molecule has 118 valence electrons. The Balaban J connectivity index is 1.78. The molecule has 0 saturated carbocycles. The Kier molecular flexibility index (Phi) is 5.02. The first kappa shape index (κ1) is 15.4. The number of nitrogens with one attached hydrogen (secondary N) is 1. The van der Waals surface area contributed by atoms with Crippen molar-refractivity contribution >= 4 is 16.7 Å². The van der Waals surface area contributed by atoms with Gasteiger partial charge in [0.25, 0.3) is 0 Å². The number of benzene rings is 1. The number of ether oxygens (including phenoxy) is 1. The maximum Gasteiger partial charge on any atom is 0.203 e. The number of aliphatic hydroxyl groups excluding tert-OH is 1. The van der Waals surface area contributed by atoms with E-state index in [2.05, 4.69) is 38.9 Å². The van der Waals surface area contributed by atoms with Crippen LogP contribution >= 0.6 is 11.5 Å². The van der Waals surface area contributed by atoms with Gasteiger partial charge in [-0.15, -0.1) is 0 Å². The van der Waals surface area contributed by atoms with Gasteiger partial charge in [0.2, 0.25) is 5.13 Å². The molecule has 1 heterocycles. The summed E-state index contributed by atoms with van der Waals surface area (Å²) in [4.78, 5) is 4.52. The highest BCUT2D eigenvalue weighted by Gasteiger charge is 2.29. The van der Waals surface area contributed by atoms with E-state index in [0.717, 1.165) is 30.2 Å². The third-order valence-electron chi connectivity index (χ3n) is 4.16. The maximum absolute atomic E-state index is 9.70. The Morgan fingerprint density at radius 1 is 1.41 bits per heavy atom. The van der Waals surface area contributed by atoms with Crippen molar-refractivity contribution in [2.45, 2.75) is 25.3 Å². The van der Waals surface area contributed by atoms with Gasteiger partial charge >= 0.3 is 0 Å². The second-order valence-electron chi connectivity index (χ2n) is 5.56. The van der Waals surface area contributed by atoms with Crippen molar-refractivity contribution in [2.24, 2.45) is 5.92 Å². The molecule has 0 bridgehead atoms. The molecule has 1 aromatic heterocycles. The fourth-order valence-corrected chi connectivity index (χ4v) is 3.61. The van der Waals surface area contributed by atoms with E-state index in [9.17, 15) is 5.11 Å². The average molecular weight is 319 g/mol. The molecule has 0 saturated heterocycles. The second kappa shape index (κ2) is 7.17. The van der Waals surface area contributed by atoms with Gasteiger partial charge in [0.1, 0.15) is 5.82 Å². The minimum absolute atomic E-state index is 0.0955. The summed E-state index contributed by atoms with van der Waals surface area (Å²) >= 11 is 1.37. The SMILES string of the molecule is COCCc1nsc(NC2c3ccccc3CCC2CO)n1. The fourth-order valence-electron chi connectivity index (χ4n) is 2.96. The molecule has 1 aliphatic rings. The summed E-state index contributed by atoms with van der Waals surface area (Å²) < 4.78 is 9.41. The number of aryl methyl sites for hydroxylation is 1. The molecular weight excluding hydrogens is 298 g/mol. The lowest BCUT2D eigenvalue weighted by molar-refractivity contribution is 0.196. The molecule has 2 N–H and O–H groups in total. The molecular formula is C16H21N3O2S. The first-order chi connectivity index (χ1) is 10.8. The number of hydrogen-bond acceptors (Lipinski definition) is 6. The number of aromatic nitrogens is 2. The van der Waals surface area contributed by atoms with E-state index < -0.39 is 0 Å². The molecule has 0 radical (unpaired) electrons. The van der Waals surface area contributed by atoms with E-state index in [1.165, 1.54) is 22.7 Å². The molecule has 5 nitrogen and oxygen atoms in total. The third-order valence-corrected chi connectivity index (χ3v) is 4.84. The predicted octanol–water partition coefficient (Wildman–Crippen LogP) is 2.43. The molecule has 0 spiro atoms. The van der Waals surface area contributed by atoms with Crippen LogP contribution in [0.15, 0.2) is 24.3 Å². The zero-order chi connectivity index (χ0) is 15.4. The van der Waals surface area contributed by atoms with E-state index in [1.807, 2.05) is 0 Å². The Morgan fingerprint density at radius 2 is 2.27 bits per heavy atom. The van der Waals surface area contributed by atoms with Crippen molar-refractivity contribution in [3.05, 3.63) is 41.2 Å². The van der Waals surface area contributed by atoms with Gasteiger partial charge in [-0.1, -0.05) is 24.3 Å². The first-order valence-electron chi connectivity index (χ1n) is 7.58. The van der Waals surface area contributed by atoms with Crippen molar-refractivity contribution in [1.29, 1.82) is 0 Å². The summed E-state index contributed by atoms with van der Waals surface area (Å²) in [7, 11) is 1.68. The van der Waals surface area contributed by atoms with Gasteiger partial charge in [-0.2, -0.15) is 4.37 Å². The highest BCUT2D eigenvalue weighted by atomic mass is 32.1. The average Bonchev–Trinajstić information content (AvgIpc) is 3.01. The maximum atomic E-state index is 9.70. The molecule has 22 heavy (non-hydrogen) atoms. The lowest BCUT2D eigenvalue weighted by Crippen LogP contribution is -2.29. The first-order valence-corrected chi connectivity index (χ1v) is 8.36. The molecule has 2 unspecified atom stereocenters. The van der Waals surface area contributed by atoms with Crippen LogP contribution in [0.2, 0.25) is 0 Å². The van der Waals surface area contributed by atoms with Crippen LogP contribution in [-0.2, 0) is 17.6 Å². The number of fused-ring (bicyclic) bond motifs is 1. The Labute approximate surface area is 134 Å². The minimum atomic E-state index is 0.0955. The number of rotatable bonds is 6. The summed E-state index contributed by atoms with van der Waals surface area (Å²) in [6.07, 6.45) is 2.73. The van der Waals surface area contributed by atoms with E-state index in [0.29, 0.717) is 6.61 Å². The number of aliphatic hydroxyl groups is 1. The van der Waals surface area contributed by atoms with E-state index in [4.69, 9.17) is 4.74 Å². The molecule has 1 aromatic carbocycles. The summed E-state index contributed by atoms with van der Waals surface area (Å²) in [6.45, 7) is 0.809. The predicted molar refractivity (Wildman–Crippen MR) is 87.2 cm³/mol. The molecule has 6 heteroatoms.